The van der Waals surface area contributed by atoms with E-state index in [1.807, 2.05) is 0 Å². The van der Waals surface area contributed by atoms with Gasteiger partial charge < -0.3 is 25.0 Å². The number of benzene rings is 1. The number of phenolic OH excluding ortho intramolecular Hbond substituents is 1. The van der Waals surface area contributed by atoms with Gasteiger partial charge in [0, 0.05) is 27.9 Å². The lowest BCUT2D eigenvalue weighted by Crippen LogP contribution is -2.82. The lowest BCUT2D eigenvalue weighted by Gasteiger charge is -2.74. The Morgan fingerprint density at radius 3 is 2.57 bits per heavy atom. The molecule has 7 atom stereocenters. The van der Waals surface area contributed by atoms with Gasteiger partial charge in [-0.25, -0.2) is 0 Å². The van der Waals surface area contributed by atoms with E-state index in [9.17, 15) is 15.3 Å². The van der Waals surface area contributed by atoms with Gasteiger partial charge >= 0.3 is 0 Å². The van der Waals surface area contributed by atoms with Crippen LogP contribution >= 0.6 is 0 Å². The second kappa shape index (κ2) is 4.57. The minimum atomic E-state index is -1.07. The summed E-state index contributed by atoms with van der Waals surface area (Å²) in [4.78, 5) is 2.53. The van der Waals surface area contributed by atoms with Crippen molar-refractivity contribution in [3.63, 3.8) is 0 Å². The molecule has 1 aromatic rings. The highest BCUT2D eigenvalue weighted by atomic mass is 16.5. The van der Waals surface area contributed by atoms with E-state index in [0.717, 1.165) is 32.2 Å². The number of nitrogens with zero attached hydrogens (tertiary/aromatic N) is 1. The third-order valence-corrected chi connectivity index (χ3v) is 11.0. The summed E-state index contributed by atoms with van der Waals surface area (Å²) in [5.41, 5.74) is -0.629. The molecule has 3 N–H and O–H groups in total. The highest BCUT2D eigenvalue weighted by Crippen LogP contribution is 2.86. The number of hydrogen-bond donors (Lipinski definition) is 3. The molecule has 30 heavy (non-hydrogen) atoms. The molecular formula is C25H33NO4. The SMILES string of the molecule is CN1CC[C@]23c4c5ccc(O)c4O[C@H]2[C@@]2(O)CC[C@@]3(C[C@@]23C[C@@]3(O)C(C)(C)C)[C@H]1C5. The van der Waals surface area contributed by atoms with Crippen LogP contribution in [0.1, 0.15) is 64.0 Å². The maximum atomic E-state index is 12.5. The standard InChI is InChI=1S/C25H33NO4/c1-20(2,3)25(29)13-22(25)12-21-7-8-24(22,28)19-23(21)9-10-26(4)16(21)11-14-5-6-15(27)18(30-19)17(14)23/h5-6,16,19,27-29H,7-13H2,1-4H3/t16-,19-,21-,22-,23+,24+,25-/m1/s1. The number of fused-ring (bicyclic) bond motifs is 1. The Bertz CT molecular complexity index is 1020. The molecule has 5 heteroatoms. The molecule has 5 aliphatic carbocycles. The van der Waals surface area contributed by atoms with Crippen LogP contribution in [0.3, 0.4) is 0 Å². The van der Waals surface area contributed by atoms with Gasteiger partial charge in [-0.3, -0.25) is 0 Å². The van der Waals surface area contributed by atoms with Crippen molar-refractivity contribution in [1.29, 1.82) is 0 Å². The van der Waals surface area contributed by atoms with Gasteiger partial charge in [0.15, 0.2) is 11.5 Å². The molecule has 0 aromatic heterocycles. The van der Waals surface area contributed by atoms with E-state index >= 15 is 0 Å². The van der Waals surface area contributed by atoms with Crippen molar-refractivity contribution in [2.45, 2.75) is 88.1 Å². The fourth-order valence-corrected chi connectivity index (χ4v) is 9.62. The first-order chi connectivity index (χ1) is 14.0. The third-order valence-electron chi connectivity index (χ3n) is 11.0. The Labute approximate surface area is 178 Å². The molecule has 5 nitrogen and oxygen atoms in total. The number of hydrogen-bond acceptors (Lipinski definition) is 5. The highest BCUT2D eigenvalue weighted by molar-refractivity contribution is 5.64. The van der Waals surface area contributed by atoms with Crippen LogP contribution in [0.5, 0.6) is 11.5 Å². The van der Waals surface area contributed by atoms with E-state index < -0.39 is 16.6 Å². The van der Waals surface area contributed by atoms with Crippen LogP contribution in [-0.2, 0) is 11.8 Å². The first-order valence-electron chi connectivity index (χ1n) is 11.6. The number of ether oxygens (including phenoxy) is 1. The van der Waals surface area contributed by atoms with E-state index in [1.165, 1.54) is 11.1 Å². The van der Waals surface area contributed by atoms with Gasteiger partial charge in [-0.2, -0.15) is 0 Å². The summed E-state index contributed by atoms with van der Waals surface area (Å²) in [6, 6.07) is 4.22. The maximum absolute atomic E-state index is 12.5. The van der Waals surface area contributed by atoms with Crippen LogP contribution < -0.4 is 4.74 Å². The number of piperidine rings is 1. The van der Waals surface area contributed by atoms with Crippen LogP contribution in [0.25, 0.3) is 0 Å². The second-order valence-electron chi connectivity index (χ2n) is 12.5. The summed E-state index contributed by atoms with van der Waals surface area (Å²) in [7, 11) is 2.24. The molecule has 7 aliphatic rings. The first kappa shape index (κ1) is 18.3. The van der Waals surface area contributed by atoms with Gasteiger partial charge in [-0.1, -0.05) is 26.8 Å². The average Bonchev–Trinajstić information content (AvgIpc) is 3.11. The molecule has 2 aliphatic heterocycles. The van der Waals surface area contributed by atoms with E-state index in [4.69, 9.17) is 4.74 Å². The average molecular weight is 412 g/mol. The second-order valence-corrected chi connectivity index (χ2v) is 12.5. The Kier molecular flexibility index (Phi) is 2.79. The lowest BCUT2D eigenvalue weighted by molar-refractivity contribution is -0.291. The van der Waals surface area contributed by atoms with Gasteiger partial charge in [0.25, 0.3) is 0 Å². The molecule has 1 aromatic carbocycles. The molecule has 5 fully saturated rings. The van der Waals surface area contributed by atoms with E-state index in [2.05, 4.69) is 38.8 Å². The minimum absolute atomic E-state index is 0.0308. The Morgan fingerprint density at radius 2 is 1.87 bits per heavy atom. The fraction of sp³-hybridized carbons (Fsp3) is 0.760. The smallest absolute Gasteiger partial charge is 0.165 e. The summed E-state index contributed by atoms with van der Waals surface area (Å²) in [6.07, 6.45) is 4.65. The number of aliphatic hydroxyl groups is 2. The van der Waals surface area contributed by atoms with Crippen molar-refractivity contribution in [2.75, 3.05) is 13.6 Å². The number of aromatic hydroxyl groups is 1. The number of rotatable bonds is 0. The van der Waals surface area contributed by atoms with Crippen molar-refractivity contribution in [3.05, 3.63) is 23.3 Å². The Balaban J connectivity index is 1.54. The fourth-order valence-electron chi connectivity index (χ4n) is 9.62. The summed E-state index contributed by atoms with van der Waals surface area (Å²) in [6.45, 7) is 7.28. The van der Waals surface area contributed by atoms with Crippen molar-refractivity contribution in [1.82, 2.24) is 4.90 Å². The Hall–Kier alpha value is -1.30. The molecule has 4 saturated carbocycles. The predicted molar refractivity (Wildman–Crippen MR) is 112 cm³/mol. The monoisotopic (exact) mass is 411 g/mol. The summed E-state index contributed by atoms with van der Waals surface area (Å²) in [5.74, 6) is 0.811. The van der Waals surface area contributed by atoms with Crippen LogP contribution in [0.2, 0.25) is 0 Å². The van der Waals surface area contributed by atoms with Crippen molar-refractivity contribution in [3.8, 4) is 11.5 Å². The summed E-state index contributed by atoms with van der Waals surface area (Å²) in [5, 5.41) is 35.1. The van der Waals surface area contributed by atoms with Crippen LogP contribution in [0, 0.1) is 16.2 Å². The zero-order valence-electron chi connectivity index (χ0n) is 18.5. The number of phenols is 1. The first-order valence-corrected chi connectivity index (χ1v) is 11.6. The lowest BCUT2D eigenvalue weighted by atomic mass is 9.33. The highest BCUT2D eigenvalue weighted by Gasteiger charge is 2.91. The molecule has 0 radical (unpaired) electrons. The summed E-state index contributed by atoms with van der Waals surface area (Å²) < 4.78 is 6.63. The number of likely N-dealkylation sites (tertiary alicyclic amines) is 1. The molecule has 2 heterocycles. The molecule has 4 bridgehead atoms. The minimum Gasteiger partial charge on any atom is -0.504 e. The molecule has 162 valence electrons. The maximum Gasteiger partial charge on any atom is 0.165 e. The zero-order valence-corrected chi connectivity index (χ0v) is 18.5. The van der Waals surface area contributed by atoms with Crippen LogP contribution in [-0.4, -0.2) is 57.2 Å². The zero-order chi connectivity index (χ0) is 21.1. The Morgan fingerprint density at radius 1 is 1.10 bits per heavy atom. The van der Waals surface area contributed by atoms with E-state index in [-0.39, 0.29) is 28.1 Å². The van der Waals surface area contributed by atoms with Gasteiger partial charge in [0.05, 0.1) is 5.60 Å². The van der Waals surface area contributed by atoms with E-state index in [0.29, 0.717) is 24.6 Å². The topological polar surface area (TPSA) is 73.2 Å². The third kappa shape index (κ3) is 1.44. The largest absolute Gasteiger partial charge is 0.504 e. The predicted octanol–water partition coefficient (Wildman–Crippen LogP) is 2.73. The van der Waals surface area contributed by atoms with Crippen molar-refractivity contribution in [2.24, 2.45) is 16.2 Å². The molecular weight excluding hydrogens is 378 g/mol. The molecule has 0 unspecified atom stereocenters. The van der Waals surface area contributed by atoms with Gasteiger partial charge in [-0.05, 0) is 69.2 Å². The number of likely N-dealkylation sites (N-methyl/N-ethyl adjacent to an activating group) is 1. The molecule has 8 rings (SSSR count). The van der Waals surface area contributed by atoms with Crippen molar-refractivity contribution >= 4 is 0 Å². The molecule has 1 saturated heterocycles. The molecule has 3 spiro atoms. The van der Waals surface area contributed by atoms with Crippen molar-refractivity contribution < 1.29 is 20.1 Å². The van der Waals surface area contributed by atoms with Gasteiger partial charge in [0.1, 0.15) is 11.7 Å². The van der Waals surface area contributed by atoms with Crippen LogP contribution in [0.4, 0.5) is 0 Å². The van der Waals surface area contributed by atoms with Crippen LogP contribution in [0.15, 0.2) is 12.1 Å². The quantitative estimate of drug-likeness (QED) is 0.612. The normalized spacial score (nSPS) is 52.3. The van der Waals surface area contributed by atoms with E-state index in [1.54, 1.807) is 6.07 Å². The van der Waals surface area contributed by atoms with Gasteiger partial charge in [-0.15, -0.1) is 0 Å². The van der Waals surface area contributed by atoms with Gasteiger partial charge in [0.2, 0.25) is 0 Å². The molecule has 0 amide bonds. The summed E-state index contributed by atoms with van der Waals surface area (Å²) >= 11 is 0.